The normalized spacial score (nSPS) is 10.8. The number of anilines is 1. The van der Waals surface area contributed by atoms with Crippen LogP contribution in [-0.2, 0) is 9.37 Å². The summed E-state index contributed by atoms with van der Waals surface area (Å²) in [7, 11) is 0. The minimum atomic E-state index is 0.0582. The molecular weight excluding hydrogens is 230 g/mol. The molecule has 0 saturated heterocycles. The van der Waals surface area contributed by atoms with Crippen molar-refractivity contribution in [1.82, 2.24) is 0 Å². The van der Waals surface area contributed by atoms with Crippen molar-refractivity contribution in [2.45, 2.75) is 4.90 Å². The first-order chi connectivity index (χ1) is 7.72. The first-order valence-electron chi connectivity index (χ1n) is 4.38. The van der Waals surface area contributed by atoms with Gasteiger partial charge in [-0.2, -0.15) is 0 Å². The van der Waals surface area contributed by atoms with Crippen LogP contribution in [0.1, 0.15) is 0 Å². The Labute approximate surface area is 95.5 Å². The molecule has 0 amide bonds. The Bertz CT molecular complexity index is 517. The summed E-state index contributed by atoms with van der Waals surface area (Å²) in [6, 6.07) is 8.56. The molecule has 0 aliphatic heterocycles. The Hall–Kier alpha value is -1.47. The molecule has 4 N–H and O–H groups in total. The van der Waals surface area contributed by atoms with Crippen LogP contribution in [0.5, 0.6) is 5.75 Å². The molecule has 5 nitrogen and oxygen atoms in total. The SMILES string of the molecule is Nc1c(O)ccc2cc(SOOO)ccc12. The van der Waals surface area contributed by atoms with Crippen LogP contribution in [0.15, 0.2) is 35.2 Å². The first-order valence-corrected chi connectivity index (χ1v) is 5.12. The summed E-state index contributed by atoms with van der Waals surface area (Å²) >= 11 is 0.870. The first kappa shape index (κ1) is 11.0. The van der Waals surface area contributed by atoms with E-state index in [1.54, 1.807) is 24.3 Å². The lowest BCUT2D eigenvalue weighted by atomic mass is 10.1. The van der Waals surface area contributed by atoms with Gasteiger partial charge in [0.1, 0.15) is 5.75 Å². The molecule has 0 radical (unpaired) electrons. The topological polar surface area (TPSA) is 84.9 Å². The number of nitrogen functional groups attached to an aromatic ring is 1. The Morgan fingerprint density at radius 2 is 2.00 bits per heavy atom. The third-order valence-corrected chi connectivity index (χ3v) is 2.75. The number of benzene rings is 2. The highest BCUT2D eigenvalue weighted by Gasteiger charge is 2.04. The summed E-state index contributed by atoms with van der Waals surface area (Å²) in [4.78, 5) is 0.742. The van der Waals surface area contributed by atoms with Crippen molar-refractivity contribution in [1.29, 1.82) is 0 Å². The molecule has 0 unspecified atom stereocenters. The molecule has 0 aromatic heterocycles. The van der Waals surface area contributed by atoms with Crippen molar-refractivity contribution in [3.63, 3.8) is 0 Å². The molecule has 0 fully saturated rings. The minimum absolute atomic E-state index is 0.0582. The molecule has 0 heterocycles. The highest BCUT2D eigenvalue weighted by molar-refractivity contribution is 7.94. The standard InChI is InChI=1S/C10H9NO4S/c11-10-8-3-2-7(16-15-14-13)5-6(8)1-4-9(10)12/h1-5,12-13H,11H2. The fourth-order valence-electron chi connectivity index (χ4n) is 1.43. The summed E-state index contributed by atoms with van der Waals surface area (Å²) < 4.78 is 4.31. The van der Waals surface area contributed by atoms with Crippen LogP contribution >= 0.6 is 12.0 Å². The predicted octanol–water partition coefficient (Wildman–Crippen LogP) is 2.56. The Kier molecular flexibility index (Phi) is 3.16. The maximum absolute atomic E-state index is 9.42. The quantitative estimate of drug-likeness (QED) is 0.251. The maximum Gasteiger partial charge on any atom is 0.139 e. The van der Waals surface area contributed by atoms with Crippen molar-refractivity contribution < 1.29 is 19.7 Å². The summed E-state index contributed by atoms with van der Waals surface area (Å²) in [6.45, 7) is 0. The Morgan fingerprint density at radius 1 is 1.19 bits per heavy atom. The number of fused-ring (bicyclic) bond motifs is 1. The van der Waals surface area contributed by atoms with E-state index >= 15 is 0 Å². The van der Waals surface area contributed by atoms with Crippen LogP contribution in [0.25, 0.3) is 10.8 Å². The van der Waals surface area contributed by atoms with Crippen molar-refractivity contribution in [2.75, 3.05) is 5.73 Å². The molecule has 2 rings (SSSR count). The minimum Gasteiger partial charge on any atom is -0.506 e. The van der Waals surface area contributed by atoms with Crippen LogP contribution in [0.4, 0.5) is 5.69 Å². The average Bonchev–Trinajstić information content (AvgIpc) is 2.31. The van der Waals surface area contributed by atoms with E-state index in [2.05, 4.69) is 9.37 Å². The molecule has 2 aromatic carbocycles. The second kappa shape index (κ2) is 4.58. The number of hydrogen-bond acceptors (Lipinski definition) is 6. The van der Waals surface area contributed by atoms with Gasteiger partial charge in [-0.05, 0) is 23.6 Å². The van der Waals surface area contributed by atoms with Gasteiger partial charge in [-0.25, -0.2) is 5.26 Å². The summed E-state index contributed by atoms with van der Waals surface area (Å²) in [5, 5.41) is 22.6. The lowest BCUT2D eigenvalue weighted by molar-refractivity contribution is -0.432. The van der Waals surface area contributed by atoms with E-state index in [-0.39, 0.29) is 5.75 Å². The number of phenols is 1. The average molecular weight is 239 g/mol. The van der Waals surface area contributed by atoms with E-state index < -0.39 is 0 Å². The highest BCUT2D eigenvalue weighted by Crippen LogP contribution is 2.32. The number of phenolic OH excluding ortho intramolecular Hbond substituents is 1. The summed E-state index contributed by atoms with van der Waals surface area (Å²) in [5.41, 5.74) is 6.06. The maximum atomic E-state index is 9.42. The Balaban J connectivity index is 2.44. The van der Waals surface area contributed by atoms with Crippen LogP contribution in [-0.4, -0.2) is 10.4 Å². The van der Waals surface area contributed by atoms with Gasteiger partial charge >= 0.3 is 0 Å². The lowest BCUT2D eigenvalue weighted by Crippen LogP contribution is -1.88. The fourth-order valence-corrected chi connectivity index (χ4v) is 1.83. The van der Waals surface area contributed by atoms with E-state index in [4.69, 9.17) is 11.0 Å². The molecule has 0 saturated carbocycles. The molecule has 16 heavy (non-hydrogen) atoms. The van der Waals surface area contributed by atoms with Gasteiger partial charge in [0.2, 0.25) is 0 Å². The van der Waals surface area contributed by atoms with Crippen LogP contribution in [0.3, 0.4) is 0 Å². The van der Waals surface area contributed by atoms with E-state index in [0.717, 1.165) is 27.7 Å². The van der Waals surface area contributed by atoms with Gasteiger partial charge in [0.15, 0.2) is 0 Å². The Morgan fingerprint density at radius 3 is 2.75 bits per heavy atom. The molecule has 0 aliphatic rings. The lowest BCUT2D eigenvalue weighted by Gasteiger charge is -2.05. The zero-order chi connectivity index (χ0) is 11.5. The number of hydrogen-bond donors (Lipinski definition) is 3. The van der Waals surface area contributed by atoms with Crippen molar-refractivity contribution in [3.05, 3.63) is 30.3 Å². The van der Waals surface area contributed by atoms with Gasteiger partial charge in [0.05, 0.1) is 17.7 Å². The van der Waals surface area contributed by atoms with Gasteiger partial charge in [-0.1, -0.05) is 17.2 Å². The molecule has 2 aromatic rings. The fraction of sp³-hybridized carbons (Fsp3) is 0. The molecule has 0 aliphatic carbocycles. The molecular formula is C10H9NO4S. The molecule has 0 bridgehead atoms. The van der Waals surface area contributed by atoms with E-state index in [0.29, 0.717) is 5.69 Å². The van der Waals surface area contributed by atoms with Crippen molar-refractivity contribution >= 4 is 28.5 Å². The zero-order valence-electron chi connectivity index (χ0n) is 8.08. The summed E-state index contributed by atoms with van der Waals surface area (Å²) in [5.74, 6) is 0.0582. The molecule has 0 spiro atoms. The van der Waals surface area contributed by atoms with Gasteiger partial charge in [0, 0.05) is 10.3 Å². The molecule has 84 valence electrons. The van der Waals surface area contributed by atoms with Crippen molar-refractivity contribution in [2.24, 2.45) is 0 Å². The largest absolute Gasteiger partial charge is 0.506 e. The molecule has 6 heteroatoms. The van der Waals surface area contributed by atoms with Crippen LogP contribution in [0, 0.1) is 0 Å². The van der Waals surface area contributed by atoms with Gasteiger partial charge in [0.25, 0.3) is 0 Å². The van der Waals surface area contributed by atoms with E-state index in [1.807, 2.05) is 0 Å². The number of rotatable bonds is 3. The second-order valence-corrected chi connectivity index (χ2v) is 3.88. The van der Waals surface area contributed by atoms with Crippen LogP contribution in [0.2, 0.25) is 0 Å². The highest BCUT2D eigenvalue weighted by atomic mass is 32.2. The van der Waals surface area contributed by atoms with E-state index in [1.165, 1.54) is 6.07 Å². The number of aromatic hydroxyl groups is 1. The smallest absolute Gasteiger partial charge is 0.139 e. The third kappa shape index (κ3) is 2.05. The third-order valence-electron chi connectivity index (χ3n) is 2.17. The van der Waals surface area contributed by atoms with E-state index in [9.17, 15) is 5.11 Å². The second-order valence-electron chi connectivity index (χ2n) is 3.11. The summed E-state index contributed by atoms with van der Waals surface area (Å²) in [6.07, 6.45) is 0. The van der Waals surface area contributed by atoms with Gasteiger partial charge in [-0.15, -0.1) is 4.33 Å². The van der Waals surface area contributed by atoms with Gasteiger partial charge < -0.3 is 10.8 Å². The van der Waals surface area contributed by atoms with Crippen molar-refractivity contribution in [3.8, 4) is 5.75 Å². The number of nitrogens with two attached hydrogens (primary N) is 1. The molecule has 0 atom stereocenters. The van der Waals surface area contributed by atoms with Gasteiger partial charge in [-0.3, -0.25) is 0 Å². The zero-order valence-corrected chi connectivity index (χ0v) is 8.90. The monoisotopic (exact) mass is 239 g/mol. The van der Waals surface area contributed by atoms with Crippen LogP contribution < -0.4 is 5.73 Å². The predicted molar refractivity (Wildman–Crippen MR) is 60.7 cm³/mol.